The summed E-state index contributed by atoms with van der Waals surface area (Å²) in [5.74, 6) is 0.485. The van der Waals surface area contributed by atoms with Crippen molar-refractivity contribution in [3.63, 3.8) is 0 Å². The molecule has 3 heteroatoms. The average molecular weight is 295 g/mol. The molecule has 0 aromatic heterocycles. The van der Waals surface area contributed by atoms with E-state index in [0.29, 0.717) is 18.0 Å². The van der Waals surface area contributed by atoms with Gasteiger partial charge < -0.3 is 10.4 Å². The van der Waals surface area contributed by atoms with Crippen LogP contribution in [0.2, 0.25) is 0 Å². The van der Waals surface area contributed by atoms with Crippen molar-refractivity contribution >= 4 is 5.97 Å². The van der Waals surface area contributed by atoms with Crippen LogP contribution < -0.4 is 5.32 Å². The fourth-order valence-electron chi connectivity index (χ4n) is 4.59. The van der Waals surface area contributed by atoms with Gasteiger partial charge in [0, 0.05) is 12.1 Å². The molecule has 2 saturated carbocycles. The van der Waals surface area contributed by atoms with Crippen molar-refractivity contribution in [2.75, 3.05) is 0 Å². The van der Waals surface area contributed by atoms with Gasteiger partial charge in [-0.2, -0.15) is 0 Å². The number of carboxylic acid groups (broad SMARTS) is 1. The van der Waals surface area contributed by atoms with Gasteiger partial charge in [0.05, 0.1) is 5.92 Å². The van der Waals surface area contributed by atoms with Crippen molar-refractivity contribution < 1.29 is 9.90 Å². The van der Waals surface area contributed by atoms with Crippen molar-refractivity contribution in [3.8, 4) is 0 Å². The molecule has 0 spiro atoms. The molecule has 5 unspecified atom stereocenters. The molecule has 2 rings (SSSR count). The number of rotatable bonds is 4. The molecule has 2 fully saturated rings. The molecule has 0 radical (unpaired) electrons. The van der Waals surface area contributed by atoms with E-state index in [4.69, 9.17) is 0 Å². The van der Waals surface area contributed by atoms with Gasteiger partial charge in [0.2, 0.25) is 0 Å². The second-order valence-electron chi connectivity index (χ2n) is 7.99. The molecule has 0 amide bonds. The van der Waals surface area contributed by atoms with Gasteiger partial charge in [0.1, 0.15) is 0 Å². The summed E-state index contributed by atoms with van der Waals surface area (Å²) in [6.45, 7) is 8.82. The van der Waals surface area contributed by atoms with Crippen LogP contribution in [0.5, 0.6) is 0 Å². The van der Waals surface area contributed by atoms with Crippen molar-refractivity contribution in [3.05, 3.63) is 0 Å². The van der Waals surface area contributed by atoms with Crippen molar-refractivity contribution in [2.24, 2.45) is 23.2 Å². The maximum atomic E-state index is 11.5. The lowest BCUT2D eigenvalue weighted by Crippen LogP contribution is -2.53. The Kier molecular flexibility index (Phi) is 5.34. The monoisotopic (exact) mass is 295 g/mol. The second kappa shape index (κ2) is 6.68. The van der Waals surface area contributed by atoms with Crippen molar-refractivity contribution in [1.82, 2.24) is 5.32 Å². The summed E-state index contributed by atoms with van der Waals surface area (Å²) in [5, 5.41) is 13.3. The Morgan fingerprint density at radius 3 is 2.57 bits per heavy atom. The normalized spacial score (nSPS) is 39.9. The molecule has 122 valence electrons. The number of nitrogens with one attached hydrogen (secondary N) is 1. The van der Waals surface area contributed by atoms with Crippen LogP contribution in [-0.4, -0.2) is 23.2 Å². The summed E-state index contributed by atoms with van der Waals surface area (Å²) >= 11 is 0. The average Bonchev–Trinajstić information content (AvgIpc) is 2.44. The topological polar surface area (TPSA) is 49.3 Å². The molecule has 21 heavy (non-hydrogen) atoms. The minimum absolute atomic E-state index is 0.124. The third kappa shape index (κ3) is 3.61. The Labute approximate surface area is 129 Å². The van der Waals surface area contributed by atoms with Gasteiger partial charge in [-0.25, -0.2) is 0 Å². The number of hydrogen-bond acceptors (Lipinski definition) is 2. The van der Waals surface area contributed by atoms with E-state index in [9.17, 15) is 9.90 Å². The number of aliphatic carboxylic acids is 1. The maximum Gasteiger partial charge on any atom is 0.307 e. The zero-order valence-corrected chi connectivity index (χ0v) is 14.2. The van der Waals surface area contributed by atoms with Gasteiger partial charge in [-0.3, -0.25) is 4.79 Å². The molecule has 0 bridgehead atoms. The zero-order chi connectivity index (χ0) is 15.6. The highest BCUT2D eigenvalue weighted by atomic mass is 16.4. The third-order valence-corrected chi connectivity index (χ3v) is 6.55. The second-order valence-corrected chi connectivity index (χ2v) is 7.99. The van der Waals surface area contributed by atoms with E-state index in [-0.39, 0.29) is 11.3 Å². The molecule has 0 aromatic carbocycles. The SMILES string of the molecule is CCC1CCCC(NC2CCC(C(=O)O)C(C)(C)C2C)C1. The molecule has 0 saturated heterocycles. The fourth-order valence-corrected chi connectivity index (χ4v) is 4.59. The summed E-state index contributed by atoms with van der Waals surface area (Å²) in [6, 6.07) is 1.13. The van der Waals surface area contributed by atoms with Crippen molar-refractivity contribution in [1.29, 1.82) is 0 Å². The largest absolute Gasteiger partial charge is 0.481 e. The highest BCUT2D eigenvalue weighted by molar-refractivity contribution is 5.71. The van der Waals surface area contributed by atoms with Crippen LogP contribution in [0.15, 0.2) is 0 Å². The van der Waals surface area contributed by atoms with E-state index in [1.807, 2.05) is 0 Å². The van der Waals surface area contributed by atoms with E-state index < -0.39 is 5.97 Å². The highest BCUT2D eigenvalue weighted by Gasteiger charge is 2.46. The summed E-state index contributed by atoms with van der Waals surface area (Å²) in [7, 11) is 0. The third-order valence-electron chi connectivity index (χ3n) is 6.55. The highest BCUT2D eigenvalue weighted by Crippen LogP contribution is 2.45. The number of carbonyl (C=O) groups is 1. The summed E-state index contributed by atoms with van der Waals surface area (Å²) in [5.41, 5.74) is -0.124. The molecule has 3 nitrogen and oxygen atoms in total. The summed E-state index contributed by atoms with van der Waals surface area (Å²) in [6.07, 6.45) is 8.46. The first kappa shape index (κ1) is 16.8. The van der Waals surface area contributed by atoms with Gasteiger partial charge in [-0.1, -0.05) is 47.0 Å². The summed E-state index contributed by atoms with van der Waals surface area (Å²) < 4.78 is 0. The van der Waals surface area contributed by atoms with E-state index in [2.05, 4.69) is 33.0 Å². The standard InChI is InChI=1S/C18H33NO2/c1-5-13-7-6-8-14(11-13)19-16-10-9-15(17(20)21)18(3,4)12(16)2/h12-16,19H,5-11H2,1-4H3,(H,20,21). The smallest absolute Gasteiger partial charge is 0.307 e. The Morgan fingerprint density at radius 1 is 1.24 bits per heavy atom. The molecule has 2 N–H and O–H groups in total. The number of hydrogen-bond donors (Lipinski definition) is 2. The first-order valence-electron chi connectivity index (χ1n) is 8.85. The summed E-state index contributed by atoms with van der Waals surface area (Å²) in [4.78, 5) is 11.5. The predicted octanol–water partition coefficient (Wildman–Crippen LogP) is 4.07. The molecule has 0 heterocycles. The lowest BCUT2D eigenvalue weighted by atomic mass is 9.61. The Hall–Kier alpha value is -0.570. The van der Waals surface area contributed by atoms with E-state index in [0.717, 1.165) is 18.8 Å². The van der Waals surface area contributed by atoms with Crippen LogP contribution in [0.4, 0.5) is 0 Å². The van der Waals surface area contributed by atoms with E-state index in [1.54, 1.807) is 0 Å². The zero-order valence-electron chi connectivity index (χ0n) is 14.2. The maximum absolute atomic E-state index is 11.5. The molecular formula is C18H33NO2. The molecule has 2 aliphatic carbocycles. The first-order valence-corrected chi connectivity index (χ1v) is 8.85. The van der Waals surface area contributed by atoms with Gasteiger partial charge in [0.25, 0.3) is 0 Å². The van der Waals surface area contributed by atoms with Crippen molar-refractivity contribution in [2.45, 2.75) is 84.7 Å². The quantitative estimate of drug-likeness (QED) is 0.822. The lowest BCUT2D eigenvalue weighted by Gasteiger charge is -2.48. The number of carboxylic acids is 1. The van der Waals surface area contributed by atoms with Crippen LogP contribution in [0.1, 0.15) is 72.6 Å². The van der Waals surface area contributed by atoms with E-state index >= 15 is 0 Å². The molecule has 0 aliphatic heterocycles. The predicted molar refractivity (Wildman–Crippen MR) is 86.3 cm³/mol. The Bertz CT molecular complexity index is 366. The van der Waals surface area contributed by atoms with Gasteiger partial charge in [-0.15, -0.1) is 0 Å². The van der Waals surface area contributed by atoms with Crippen LogP contribution in [0.25, 0.3) is 0 Å². The van der Waals surface area contributed by atoms with Crippen LogP contribution in [0.3, 0.4) is 0 Å². The Balaban J connectivity index is 1.97. The van der Waals surface area contributed by atoms with Crippen LogP contribution in [0, 0.1) is 23.2 Å². The van der Waals surface area contributed by atoms with Gasteiger partial charge in [0.15, 0.2) is 0 Å². The van der Waals surface area contributed by atoms with Gasteiger partial charge in [-0.05, 0) is 42.9 Å². The van der Waals surface area contributed by atoms with E-state index in [1.165, 1.54) is 32.1 Å². The minimum Gasteiger partial charge on any atom is -0.481 e. The van der Waals surface area contributed by atoms with Crippen LogP contribution in [-0.2, 0) is 4.79 Å². The molecule has 5 atom stereocenters. The molecule has 0 aromatic rings. The lowest BCUT2D eigenvalue weighted by molar-refractivity contribution is -0.150. The molecule has 2 aliphatic rings. The fraction of sp³-hybridized carbons (Fsp3) is 0.944. The first-order chi connectivity index (χ1) is 9.86. The minimum atomic E-state index is -0.617. The van der Waals surface area contributed by atoms with Gasteiger partial charge >= 0.3 is 5.97 Å². The van der Waals surface area contributed by atoms with Crippen LogP contribution >= 0.6 is 0 Å². The molecular weight excluding hydrogens is 262 g/mol. The Morgan fingerprint density at radius 2 is 1.95 bits per heavy atom.